The Morgan fingerprint density at radius 1 is 0.857 bits per heavy atom. The van der Waals surface area contributed by atoms with Gasteiger partial charge in [0.15, 0.2) is 0 Å². The highest BCUT2D eigenvalue weighted by atomic mass is 16.4. The monoisotopic (exact) mass is 366 g/mol. The van der Waals surface area contributed by atoms with Crippen LogP contribution in [0.3, 0.4) is 0 Å². The minimum atomic E-state index is 0.284. The van der Waals surface area contributed by atoms with Gasteiger partial charge in [-0.1, -0.05) is 60.7 Å². The SMILES string of the molecule is CC(=Nc1oc(-c2ccccc2)c(-c2ccccc2)c1C#N)c1ccc(C)o1. The Balaban J connectivity index is 1.94. The van der Waals surface area contributed by atoms with Gasteiger partial charge in [0.05, 0.1) is 5.71 Å². The highest BCUT2D eigenvalue weighted by Crippen LogP contribution is 2.42. The van der Waals surface area contributed by atoms with Gasteiger partial charge in [-0.25, -0.2) is 4.99 Å². The molecule has 0 unspecified atom stereocenters. The maximum absolute atomic E-state index is 9.91. The largest absolute Gasteiger partial charge is 0.460 e. The van der Waals surface area contributed by atoms with Crippen LogP contribution in [-0.2, 0) is 0 Å². The lowest BCUT2D eigenvalue weighted by Gasteiger charge is -2.03. The van der Waals surface area contributed by atoms with E-state index >= 15 is 0 Å². The maximum Gasteiger partial charge on any atom is 0.238 e. The van der Waals surface area contributed by atoms with E-state index in [0.717, 1.165) is 22.5 Å². The van der Waals surface area contributed by atoms with Crippen molar-refractivity contribution in [2.75, 3.05) is 0 Å². The zero-order chi connectivity index (χ0) is 19.5. The summed E-state index contributed by atoms with van der Waals surface area (Å²) in [6.45, 7) is 3.72. The van der Waals surface area contributed by atoms with E-state index in [1.165, 1.54) is 0 Å². The predicted molar refractivity (Wildman–Crippen MR) is 110 cm³/mol. The van der Waals surface area contributed by atoms with E-state index in [9.17, 15) is 5.26 Å². The Bertz CT molecular complexity index is 1180. The van der Waals surface area contributed by atoms with E-state index in [1.807, 2.05) is 86.6 Å². The number of nitriles is 1. The number of hydrogen-bond donors (Lipinski definition) is 0. The first-order valence-corrected chi connectivity index (χ1v) is 8.97. The van der Waals surface area contributed by atoms with Crippen LogP contribution >= 0.6 is 0 Å². The summed E-state index contributed by atoms with van der Waals surface area (Å²) >= 11 is 0. The summed E-state index contributed by atoms with van der Waals surface area (Å²) in [6, 6.07) is 25.5. The van der Waals surface area contributed by atoms with Gasteiger partial charge in [-0.3, -0.25) is 0 Å². The number of aliphatic imine (C=N–C) groups is 1. The van der Waals surface area contributed by atoms with Crippen LogP contribution in [0.15, 0.2) is 86.6 Å². The summed E-state index contributed by atoms with van der Waals surface area (Å²) in [5, 5.41) is 9.91. The molecule has 4 nitrogen and oxygen atoms in total. The van der Waals surface area contributed by atoms with E-state index in [0.29, 0.717) is 22.8 Å². The average Bonchev–Trinajstić information content (AvgIpc) is 3.33. The number of aryl methyl sites for hydroxylation is 1. The Labute approximate surface area is 163 Å². The van der Waals surface area contributed by atoms with Crippen LogP contribution in [0.5, 0.6) is 0 Å². The van der Waals surface area contributed by atoms with Crippen molar-refractivity contribution < 1.29 is 8.83 Å². The van der Waals surface area contributed by atoms with E-state index in [2.05, 4.69) is 11.1 Å². The van der Waals surface area contributed by atoms with E-state index < -0.39 is 0 Å². The van der Waals surface area contributed by atoms with Gasteiger partial charge in [-0.15, -0.1) is 0 Å². The normalized spacial score (nSPS) is 11.4. The highest BCUT2D eigenvalue weighted by Gasteiger charge is 2.23. The van der Waals surface area contributed by atoms with Crippen molar-refractivity contribution in [1.82, 2.24) is 0 Å². The molecule has 0 amide bonds. The summed E-state index contributed by atoms with van der Waals surface area (Å²) in [5.74, 6) is 2.37. The predicted octanol–water partition coefficient (Wildman–Crippen LogP) is 6.53. The van der Waals surface area contributed by atoms with Crippen molar-refractivity contribution in [3.63, 3.8) is 0 Å². The zero-order valence-corrected chi connectivity index (χ0v) is 15.6. The third kappa shape index (κ3) is 3.26. The van der Waals surface area contributed by atoms with Crippen molar-refractivity contribution in [3.8, 4) is 28.5 Å². The lowest BCUT2D eigenvalue weighted by molar-refractivity contribution is 0.524. The van der Waals surface area contributed by atoms with Crippen molar-refractivity contribution in [3.05, 3.63) is 89.9 Å². The second-order valence-corrected chi connectivity index (χ2v) is 6.44. The second-order valence-electron chi connectivity index (χ2n) is 6.44. The first-order valence-electron chi connectivity index (χ1n) is 8.97. The first-order chi connectivity index (χ1) is 13.7. The molecule has 2 aromatic heterocycles. The van der Waals surface area contributed by atoms with E-state index in [1.54, 1.807) is 0 Å². The highest BCUT2D eigenvalue weighted by molar-refractivity contribution is 5.99. The van der Waals surface area contributed by atoms with Gasteiger partial charge in [0.25, 0.3) is 0 Å². The van der Waals surface area contributed by atoms with Crippen molar-refractivity contribution in [2.45, 2.75) is 13.8 Å². The topological polar surface area (TPSA) is 62.4 Å². The van der Waals surface area contributed by atoms with Gasteiger partial charge in [0.2, 0.25) is 5.88 Å². The van der Waals surface area contributed by atoms with Crippen molar-refractivity contribution >= 4 is 11.6 Å². The standard InChI is InChI=1S/C24H18N2O2/c1-16-13-14-21(27-16)17(2)26-24-20(15-25)22(18-9-5-3-6-10-18)23(28-24)19-11-7-4-8-12-19/h3-14H,1-2H3. The molecule has 0 radical (unpaired) electrons. The van der Waals surface area contributed by atoms with Gasteiger partial charge in [0.1, 0.15) is 28.9 Å². The van der Waals surface area contributed by atoms with Crippen LogP contribution in [-0.4, -0.2) is 5.71 Å². The molecule has 0 aliphatic carbocycles. The van der Waals surface area contributed by atoms with Crippen LogP contribution in [0.4, 0.5) is 5.88 Å². The van der Waals surface area contributed by atoms with Crippen molar-refractivity contribution in [1.29, 1.82) is 5.26 Å². The smallest absolute Gasteiger partial charge is 0.238 e. The fourth-order valence-electron chi connectivity index (χ4n) is 3.11. The van der Waals surface area contributed by atoms with Crippen LogP contribution < -0.4 is 0 Å². The molecule has 0 aliphatic heterocycles. The van der Waals surface area contributed by atoms with Gasteiger partial charge < -0.3 is 8.83 Å². The number of hydrogen-bond acceptors (Lipinski definition) is 4. The van der Waals surface area contributed by atoms with E-state index in [-0.39, 0.29) is 5.88 Å². The summed E-state index contributed by atoms with van der Waals surface area (Å²) < 4.78 is 11.8. The van der Waals surface area contributed by atoms with Crippen molar-refractivity contribution in [2.24, 2.45) is 4.99 Å². The quantitative estimate of drug-likeness (QED) is 0.386. The number of furan rings is 2. The van der Waals surface area contributed by atoms with E-state index in [4.69, 9.17) is 8.83 Å². The lowest BCUT2D eigenvalue weighted by Crippen LogP contribution is -1.90. The molecule has 4 rings (SSSR count). The fraction of sp³-hybridized carbons (Fsp3) is 0.0833. The summed E-state index contributed by atoms with van der Waals surface area (Å²) in [5.41, 5.74) is 3.61. The summed E-state index contributed by atoms with van der Waals surface area (Å²) in [4.78, 5) is 4.58. The molecule has 4 aromatic rings. The van der Waals surface area contributed by atoms with Gasteiger partial charge in [-0.2, -0.15) is 5.26 Å². The number of nitrogens with zero attached hydrogens (tertiary/aromatic N) is 2. The first kappa shape index (κ1) is 17.6. The van der Waals surface area contributed by atoms with Gasteiger partial charge >= 0.3 is 0 Å². The molecule has 0 bridgehead atoms. The molecule has 0 saturated carbocycles. The molecule has 136 valence electrons. The fourth-order valence-corrected chi connectivity index (χ4v) is 3.11. The third-order valence-corrected chi connectivity index (χ3v) is 4.47. The molecular formula is C24H18N2O2. The Morgan fingerprint density at radius 3 is 2.07 bits per heavy atom. The van der Waals surface area contributed by atoms with Gasteiger partial charge in [0, 0.05) is 11.1 Å². The molecule has 0 saturated heterocycles. The van der Waals surface area contributed by atoms with Gasteiger partial charge in [-0.05, 0) is 31.5 Å². The molecule has 4 heteroatoms. The minimum Gasteiger partial charge on any atom is -0.460 e. The number of rotatable bonds is 4. The molecule has 0 spiro atoms. The summed E-state index contributed by atoms with van der Waals surface area (Å²) in [7, 11) is 0. The molecule has 2 aromatic carbocycles. The summed E-state index contributed by atoms with van der Waals surface area (Å²) in [6.07, 6.45) is 0. The molecular weight excluding hydrogens is 348 g/mol. The lowest BCUT2D eigenvalue weighted by atomic mass is 9.98. The molecule has 0 N–H and O–H groups in total. The number of benzene rings is 2. The van der Waals surface area contributed by atoms with Crippen LogP contribution in [0.2, 0.25) is 0 Å². The minimum absolute atomic E-state index is 0.284. The molecule has 2 heterocycles. The molecule has 0 aliphatic rings. The zero-order valence-electron chi connectivity index (χ0n) is 15.6. The molecule has 0 atom stereocenters. The Morgan fingerprint density at radius 2 is 1.50 bits per heavy atom. The molecule has 0 fully saturated rings. The Kier molecular flexibility index (Phi) is 4.65. The average molecular weight is 366 g/mol. The maximum atomic E-state index is 9.91. The second kappa shape index (κ2) is 7.42. The Hall–Kier alpha value is -3.84. The van der Waals surface area contributed by atoms with Crippen LogP contribution in [0, 0.1) is 18.3 Å². The molecule has 28 heavy (non-hydrogen) atoms. The van der Waals surface area contributed by atoms with Crippen LogP contribution in [0.1, 0.15) is 24.0 Å². The van der Waals surface area contributed by atoms with Crippen LogP contribution in [0.25, 0.3) is 22.5 Å². The third-order valence-electron chi connectivity index (χ3n) is 4.47.